The number of benzene rings is 1. The molecule has 2 atom stereocenters. The number of hydrogen-bond donors (Lipinski definition) is 0. The quantitative estimate of drug-likeness (QED) is 0.782. The summed E-state index contributed by atoms with van der Waals surface area (Å²) in [6.45, 7) is 1.53. The molecule has 0 radical (unpaired) electrons. The molecule has 0 bridgehead atoms. The Kier molecular flexibility index (Phi) is 3.92. The number of nitrogens with zero attached hydrogens (tertiary/aromatic N) is 1. The van der Waals surface area contributed by atoms with Crippen molar-refractivity contribution in [3.05, 3.63) is 35.4 Å². The molecular weight excluding hydrogens is 270 g/mol. The zero-order chi connectivity index (χ0) is 14.8. The molecule has 2 unspecified atom stereocenters. The fraction of sp³-hybridized carbons (Fsp3) is 0.500. The maximum absolute atomic E-state index is 12.6. The Balaban J connectivity index is 1.62. The molecule has 0 spiro atoms. The number of carbonyl (C=O) groups excluding carboxylic acids is 2. The molecule has 21 heavy (non-hydrogen) atoms. The Labute approximate surface area is 123 Å². The molecule has 0 saturated carbocycles. The summed E-state index contributed by atoms with van der Waals surface area (Å²) in [6, 6.07) is 8.06. The summed E-state index contributed by atoms with van der Waals surface area (Å²) in [6.07, 6.45) is 0.751. The van der Waals surface area contributed by atoms with Gasteiger partial charge in [0, 0.05) is 13.1 Å². The molecule has 1 aromatic carbocycles. The number of fused-ring (bicyclic) bond motifs is 1. The second-order valence-electron chi connectivity index (χ2n) is 5.51. The molecule has 1 heterocycles. The highest BCUT2D eigenvalue weighted by molar-refractivity contribution is 5.87. The van der Waals surface area contributed by atoms with Gasteiger partial charge in [0.15, 0.2) is 0 Å². The first-order valence-electron chi connectivity index (χ1n) is 7.24. The van der Waals surface area contributed by atoms with E-state index in [1.807, 2.05) is 23.1 Å². The summed E-state index contributed by atoms with van der Waals surface area (Å²) in [7, 11) is 1.36. The largest absolute Gasteiger partial charge is 0.469 e. The Morgan fingerprint density at radius 3 is 2.95 bits per heavy atom. The molecule has 1 fully saturated rings. The summed E-state index contributed by atoms with van der Waals surface area (Å²) >= 11 is 0. The van der Waals surface area contributed by atoms with Gasteiger partial charge in [-0.05, 0) is 17.5 Å². The number of rotatable bonds is 3. The zero-order valence-electron chi connectivity index (χ0n) is 12.1. The molecule has 0 N–H and O–H groups in total. The predicted octanol–water partition coefficient (Wildman–Crippen LogP) is 1.12. The Bertz CT molecular complexity index is 557. The van der Waals surface area contributed by atoms with Crippen LogP contribution in [0.15, 0.2) is 24.3 Å². The first-order chi connectivity index (χ1) is 10.2. The van der Waals surface area contributed by atoms with E-state index >= 15 is 0 Å². The van der Waals surface area contributed by atoms with Crippen LogP contribution in [0.25, 0.3) is 0 Å². The molecule has 0 aromatic heterocycles. The molecule has 5 heteroatoms. The standard InChI is InChI=1S/C16H19NO4/c1-20-15(18)9-12-10-17(6-7-21-12)16(19)14-8-11-4-2-3-5-13(11)14/h2-5,12,14H,6-10H2,1H3. The van der Waals surface area contributed by atoms with E-state index in [-0.39, 0.29) is 30.3 Å². The monoisotopic (exact) mass is 289 g/mol. The summed E-state index contributed by atoms with van der Waals surface area (Å²) in [4.78, 5) is 25.7. The minimum absolute atomic E-state index is 0.0296. The third-order valence-electron chi connectivity index (χ3n) is 4.23. The van der Waals surface area contributed by atoms with Gasteiger partial charge < -0.3 is 14.4 Å². The van der Waals surface area contributed by atoms with E-state index in [1.54, 1.807) is 0 Å². The average Bonchev–Trinajstić information content (AvgIpc) is 2.48. The highest BCUT2D eigenvalue weighted by Crippen LogP contribution is 2.36. The lowest BCUT2D eigenvalue weighted by Gasteiger charge is -2.38. The number of carbonyl (C=O) groups is 2. The maximum Gasteiger partial charge on any atom is 0.308 e. The smallest absolute Gasteiger partial charge is 0.308 e. The van der Waals surface area contributed by atoms with Crippen molar-refractivity contribution in [2.45, 2.75) is 24.9 Å². The van der Waals surface area contributed by atoms with Gasteiger partial charge in [-0.15, -0.1) is 0 Å². The van der Waals surface area contributed by atoms with E-state index in [2.05, 4.69) is 10.8 Å². The third kappa shape index (κ3) is 2.78. The lowest BCUT2D eigenvalue weighted by atomic mass is 9.77. The second kappa shape index (κ2) is 5.85. The molecule has 112 valence electrons. The normalized spacial score (nSPS) is 24.0. The highest BCUT2D eigenvalue weighted by atomic mass is 16.5. The van der Waals surface area contributed by atoms with E-state index < -0.39 is 0 Å². The van der Waals surface area contributed by atoms with Gasteiger partial charge in [0.1, 0.15) is 0 Å². The van der Waals surface area contributed by atoms with Crippen molar-refractivity contribution in [1.82, 2.24) is 4.90 Å². The third-order valence-corrected chi connectivity index (χ3v) is 4.23. The molecule has 1 saturated heterocycles. The number of morpholine rings is 1. The Morgan fingerprint density at radius 1 is 1.38 bits per heavy atom. The Morgan fingerprint density at radius 2 is 2.19 bits per heavy atom. The van der Waals surface area contributed by atoms with E-state index in [1.165, 1.54) is 12.7 Å². The van der Waals surface area contributed by atoms with Crippen molar-refractivity contribution in [3.63, 3.8) is 0 Å². The fourth-order valence-corrected chi connectivity index (χ4v) is 3.01. The lowest BCUT2D eigenvalue weighted by Crippen LogP contribution is -2.49. The van der Waals surface area contributed by atoms with Gasteiger partial charge in [-0.1, -0.05) is 24.3 Å². The number of amides is 1. The van der Waals surface area contributed by atoms with Gasteiger partial charge in [-0.2, -0.15) is 0 Å². The van der Waals surface area contributed by atoms with E-state index in [0.717, 1.165) is 12.0 Å². The molecule has 3 rings (SSSR count). The van der Waals surface area contributed by atoms with Gasteiger partial charge in [0.2, 0.25) is 5.91 Å². The number of ether oxygens (including phenoxy) is 2. The van der Waals surface area contributed by atoms with Crippen LogP contribution in [0.4, 0.5) is 0 Å². The van der Waals surface area contributed by atoms with Gasteiger partial charge in [-0.25, -0.2) is 0 Å². The first kappa shape index (κ1) is 14.1. The SMILES string of the molecule is COC(=O)CC1CN(C(=O)C2Cc3ccccc32)CCO1. The minimum atomic E-state index is -0.303. The maximum atomic E-state index is 12.6. The summed E-state index contributed by atoms with van der Waals surface area (Å²) in [5, 5.41) is 0. The van der Waals surface area contributed by atoms with Crippen LogP contribution >= 0.6 is 0 Å². The van der Waals surface area contributed by atoms with Crippen LogP contribution in [-0.4, -0.2) is 49.7 Å². The number of hydrogen-bond acceptors (Lipinski definition) is 4. The fourth-order valence-electron chi connectivity index (χ4n) is 3.01. The van der Waals surface area contributed by atoms with Crippen molar-refractivity contribution < 1.29 is 19.1 Å². The average molecular weight is 289 g/mol. The molecule has 5 nitrogen and oxygen atoms in total. The predicted molar refractivity (Wildman–Crippen MR) is 75.8 cm³/mol. The highest BCUT2D eigenvalue weighted by Gasteiger charge is 2.36. The summed E-state index contributed by atoms with van der Waals surface area (Å²) < 4.78 is 10.2. The van der Waals surface area contributed by atoms with Crippen molar-refractivity contribution in [1.29, 1.82) is 0 Å². The van der Waals surface area contributed by atoms with Crippen LogP contribution in [0.2, 0.25) is 0 Å². The Hall–Kier alpha value is -1.88. The van der Waals surface area contributed by atoms with Crippen molar-refractivity contribution in [2.75, 3.05) is 26.8 Å². The number of esters is 1. The van der Waals surface area contributed by atoms with Crippen LogP contribution in [0, 0.1) is 0 Å². The van der Waals surface area contributed by atoms with E-state index in [0.29, 0.717) is 19.7 Å². The van der Waals surface area contributed by atoms with E-state index in [4.69, 9.17) is 4.74 Å². The minimum Gasteiger partial charge on any atom is -0.469 e. The molecule has 2 aliphatic rings. The van der Waals surface area contributed by atoms with Crippen LogP contribution in [-0.2, 0) is 25.5 Å². The van der Waals surface area contributed by atoms with Gasteiger partial charge in [0.05, 0.1) is 32.2 Å². The molecular formula is C16H19NO4. The molecule has 1 aliphatic heterocycles. The summed E-state index contributed by atoms with van der Waals surface area (Å²) in [5.74, 6) is -0.187. The van der Waals surface area contributed by atoms with Gasteiger partial charge in [0.25, 0.3) is 0 Å². The summed E-state index contributed by atoms with van der Waals surface area (Å²) in [5.41, 5.74) is 2.40. The molecule has 1 aromatic rings. The van der Waals surface area contributed by atoms with Crippen molar-refractivity contribution in [3.8, 4) is 0 Å². The topological polar surface area (TPSA) is 55.8 Å². The first-order valence-corrected chi connectivity index (χ1v) is 7.24. The van der Waals surface area contributed by atoms with Gasteiger partial charge in [-0.3, -0.25) is 9.59 Å². The zero-order valence-corrected chi connectivity index (χ0v) is 12.1. The van der Waals surface area contributed by atoms with Crippen molar-refractivity contribution >= 4 is 11.9 Å². The van der Waals surface area contributed by atoms with Crippen LogP contribution in [0.5, 0.6) is 0 Å². The second-order valence-corrected chi connectivity index (χ2v) is 5.51. The molecule has 1 amide bonds. The van der Waals surface area contributed by atoms with Crippen LogP contribution in [0.3, 0.4) is 0 Å². The number of methoxy groups -OCH3 is 1. The van der Waals surface area contributed by atoms with Gasteiger partial charge >= 0.3 is 5.97 Å². The lowest BCUT2D eigenvalue weighted by molar-refractivity contribution is -0.150. The van der Waals surface area contributed by atoms with E-state index in [9.17, 15) is 9.59 Å². The molecule has 1 aliphatic carbocycles. The van der Waals surface area contributed by atoms with Crippen molar-refractivity contribution in [2.24, 2.45) is 0 Å². The van der Waals surface area contributed by atoms with Crippen LogP contribution < -0.4 is 0 Å². The van der Waals surface area contributed by atoms with Crippen LogP contribution in [0.1, 0.15) is 23.5 Å².